The number of likely N-dealkylation sites (tertiary alicyclic amines) is 1. The fraction of sp³-hybridized carbons (Fsp3) is 0.682. The third-order valence-corrected chi connectivity index (χ3v) is 5.31. The first-order valence-corrected chi connectivity index (χ1v) is 10.4. The van der Waals surface area contributed by atoms with E-state index >= 15 is 0 Å². The lowest BCUT2D eigenvalue weighted by atomic mass is 10.0. The minimum atomic E-state index is -0.795. The lowest BCUT2D eigenvalue weighted by Crippen LogP contribution is -2.42. The first-order valence-electron chi connectivity index (χ1n) is 10.4. The van der Waals surface area contributed by atoms with Crippen LogP contribution >= 0.6 is 0 Å². The van der Waals surface area contributed by atoms with Crippen LogP contribution in [0.25, 0.3) is 0 Å². The molecule has 1 aromatic carbocycles. The van der Waals surface area contributed by atoms with Crippen LogP contribution in [0.15, 0.2) is 24.3 Å². The molecule has 5 heteroatoms. The molecule has 2 unspecified atom stereocenters. The number of ether oxygens (including phenoxy) is 2. The van der Waals surface area contributed by atoms with Crippen molar-refractivity contribution in [2.75, 3.05) is 38.2 Å². The van der Waals surface area contributed by atoms with Gasteiger partial charge in [-0.3, -0.25) is 9.69 Å². The number of nitrogens with one attached hydrogen (secondary N) is 1. The molecule has 1 saturated heterocycles. The molecule has 0 bridgehead atoms. The van der Waals surface area contributed by atoms with E-state index in [1.807, 2.05) is 45.0 Å². The van der Waals surface area contributed by atoms with E-state index in [1.165, 1.54) is 25.9 Å². The second kappa shape index (κ2) is 10.7. The number of amides is 1. The maximum atomic E-state index is 12.6. The summed E-state index contributed by atoms with van der Waals surface area (Å²) in [7, 11) is 0. The van der Waals surface area contributed by atoms with Gasteiger partial charge < -0.3 is 14.8 Å². The summed E-state index contributed by atoms with van der Waals surface area (Å²) in [5.41, 5.74) is -0.0338. The standard InChI is InChI=1S/C22H36N2O3/c1-5-15-27-22(4,6-2)21(25)23-19-9-11-20(12-10-19)26-16-14-24-13-7-8-18(3)17-24/h9-12,18H,5-8,13-17H2,1-4H3,(H,23,25). The van der Waals surface area contributed by atoms with E-state index in [0.29, 0.717) is 19.6 Å². The maximum absolute atomic E-state index is 12.6. The number of hydrogen-bond donors (Lipinski definition) is 1. The molecule has 1 aromatic rings. The molecule has 1 aliphatic heterocycles. The number of rotatable bonds is 10. The monoisotopic (exact) mass is 376 g/mol. The van der Waals surface area contributed by atoms with Gasteiger partial charge >= 0.3 is 0 Å². The molecule has 1 N–H and O–H groups in total. The van der Waals surface area contributed by atoms with Crippen LogP contribution in [0, 0.1) is 5.92 Å². The maximum Gasteiger partial charge on any atom is 0.256 e. The normalized spacial score (nSPS) is 20.1. The summed E-state index contributed by atoms with van der Waals surface area (Å²) in [5.74, 6) is 1.52. The van der Waals surface area contributed by atoms with E-state index in [1.54, 1.807) is 0 Å². The average Bonchev–Trinajstić information content (AvgIpc) is 2.67. The highest BCUT2D eigenvalue weighted by atomic mass is 16.5. The molecule has 2 atom stereocenters. The Balaban J connectivity index is 1.79. The van der Waals surface area contributed by atoms with Crippen LogP contribution in [0.1, 0.15) is 53.4 Å². The summed E-state index contributed by atoms with van der Waals surface area (Å²) in [5, 5.41) is 2.95. The van der Waals surface area contributed by atoms with Crippen molar-refractivity contribution in [2.24, 2.45) is 5.92 Å². The summed E-state index contributed by atoms with van der Waals surface area (Å²) in [6.45, 7) is 12.8. The zero-order valence-electron chi connectivity index (χ0n) is 17.4. The van der Waals surface area contributed by atoms with Crippen molar-refractivity contribution in [3.63, 3.8) is 0 Å². The average molecular weight is 377 g/mol. The molecule has 1 amide bonds. The van der Waals surface area contributed by atoms with Gasteiger partial charge in [0.15, 0.2) is 0 Å². The Labute approximate surface area is 164 Å². The van der Waals surface area contributed by atoms with Gasteiger partial charge in [-0.15, -0.1) is 0 Å². The second-order valence-electron chi connectivity index (χ2n) is 7.81. The first-order chi connectivity index (χ1) is 13.0. The molecule has 0 saturated carbocycles. The Morgan fingerprint density at radius 2 is 2.00 bits per heavy atom. The topological polar surface area (TPSA) is 50.8 Å². The van der Waals surface area contributed by atoms with E-state index in [0.717, 1.165) is 30.3 Å². The molecule has 0 radical (unpaired) electrons. The number of piperidine rings is 1. The fourth-order valence-electron chi connectivity index (χ4n) is 3.34. The van der Waals surface area contributed by atoms with E-state index in [-0.39, 0.29) is 5.91 Å². The minimum absolute atomic E-state index is 0.105. The molecule has 27 heavy (non-hydrogen) atoms. The zero-order valence-corrected chi connectivity index (χ0v) is 17.4. The smallest absolute Gasteiger partial charge is 0.256 e. The predicted molar refractivity (Wildman–Crippen MR) is 110 cm³/mol. The number of hydrogen-bond acceptors (Lipinski definition) is 4. The molecular weight excluding hydrogens is 340 g/mol. The third-order valence-electron chi connectivity index (χ3n) is 5.31. The van der Waals surface area contributed by atoms with Crippen molar-refractivity contribution in [2.45, 2.75) is 59.0 Å². The molecule has 0 aromatic heterocycles. The van der Waals surface area contributed by atoms with Crippen LogP contribution in [0.3, 0.4) is 0 Å². The lowest BCUT2D eigenvalue weighted by Gasteiger charge is -2.30. The van der Waals surface area contributed by atoms with Crippen molar-refractivity contribution < 1.29 is 14.3 Å². The predicted octanol–water partition coefficient (Wildman–Crippen LogP) is 4.33. The summed E-state index contributed by atoms with van der Waals surface area (Å²) in [6, 6.07) is 7.58. The van der Waals surface area contributed by atoms with Gasteiger partial charge in [0.1, 0.15) is 18.0 Å². The molecule has 0 aliphatic carbocycles. The number of carbonyl (C=O) groups is 1. The second-order valence-corrected chi connectivity index (χ2v) is 7.81. The minimum Gasteiger partial charge on any atom is -0.492 e. The molecule has 0 spiro atoms. The molecule has 152 valence electrons. The van der Waals surface area contributed by atoms with Gasteiger partial charge in [-0.2, -0.15) is 0 Å². The highest BCUT2D eigenvalue weighted by molar-refractivity contribution is 5.97. The molecule has 1 fully saturated rings. The van der Waals surface area contributed by atoms with E-state index in [2.05, 4.69) is 17.1 Å². The van der Waals surface area contributed by atoms with Crippen LogP contribution in [0.4, 0.5) is 5.69 Å². The Hall–Kier alpha value is -1.59. The Morgan fingerprint density at radius 1 is 1.26 bits per heavy atom. The molecule has 2 rings (SSSR count). The van der Waals surface area contributed by atoms with E-state index in [4.69, 9.17) is 9.47 Å². The third kappa shape index (κ3) is 6.82. The van der Waals surface area contributed by atoms with Crippen LogP contribution in [-0.4, -0.2) is 49.3 Å². The Kier molecular flexibility index (Phi) is 8.58. The summed E-state index contributed by atoms with van der Waals surface area (Å²) < 4.78 is 11.6. The number of anilines is 1. The van der Waals surface area contributed by atoms with Gasteiger partial charge in [0.05, 0.1) is 0 Å². The molecule has 1 heterocycles. The summed E-state index contributed by atoms with van der Waals surface area (Å²) in [4.78, 5) is 15.0. The van der Waals surface area contributed by atoms with Gasteiger partial charge in [0.2, 0.25) is 0 Å². The van der Waals surface area contributed by atoms with E-state index in [9.17, 15) is 4.79 Å². The quantitative estimate of drug-likeness (QED) is 0.660. The zero-order chi connectivity index (χ0) is 19.7. The van der Waals surface area contributed by atoms with E-state index < -0.39 is 5.60 Å². The van der Waals surface area contributed by atoms with Crippen LogP contribution in [-0.2, 0) is 9.53 Å². The van der Waals surface area contributed by atoms with Gasteiger partial charge in [-0.1, -0.05) is 20.8 Å². The SMILES string of the molecule is CCCOC(C)(CC)C(=O)Nc1ccc(OCCN2CCCC(C)C2)cc1. The number of benzene rings is 1. The number of nitrogens with zero attached hydrogens (tertiary/aromatic N) is 1. The van der Waals surface area contributed by atoms with Crippen LogP contribution < -0.4 is 10.1 Å². The van der Waals surface area contributed by atoms with Crippen molar-refractivity contribution >= 4 is 11.6 Å². The largest absolute Gasteiger partial charge is 0.492 e. The van der Waals surface area contributed by atoms with Crippen molar-refractivity contribution in [3.8, 4) is 5.75 Å². The van der Waals surface area contributed by atoms with Gasteiger partial charge in [0, 0.05) is 25.4 Å². The van der Waals surface area contributed by atoms with Crippen molar-refractivity contribution in [1.82, 2.24) is 4.90 Å². The van der Waals surface area contributed by atoms with Crippen LogP contribution in [0.2, 0.25) is 0 Å². The van der Waals surface area contributed by atoms with Crippen LogP contribution in [0.5, 0.6) is 5.75 Å². The van der Waals surface area contributed by atoms with Gasteiger partial charge in [-0.05, 0) is 69.3 Å². The van der Waals surface area contributed by atoms with Gasteiger partial charge in [0.25, 0.3) is 5.91 Å². The highest BCUT2D eigenvalue weighted by Gasteiger charge is 2.32. The number of carbonyl (C=O) groups excluding carboxylic acids is 1. The highest BCUT2D eigenvalue weighted by Crippen LogP contribution is 2.21. The molecule has 1 aliphatic rings. The lowest BCUT2D eigenvalue weighted by molar-refractivity contribution is -0.139. The van der Waals surface area contributed by atoms with Crippen molar-refractivity contribution in [1.29, 1.82) is 0 Å². The van der Waals surface area contributed by atoms with Gasteiger partial charge in [-0.25, -0.2) is 0 Å². The fourth-order valence-corrected chi connectivity index (χ4v) is 3.34. The molecule has 5 nitrogen and oxygen atoms in total. The van der Waals surface area contributed by atoms with Crippen molar-refractivity contribution in [3.05, 3.63) is 24.3 Å². The summed E-state index contributed by atoms with van der Waals surface area (Å²) in [6.07, 6.45) is 4.15. The first kappa shape index (κ1) is 21.7. The Bertz CT molecular complexity index is 575. The Morgan fingerprint density at radius 3 is 2.63 bits per heavy atom. The molecular formula is C22H36N2O3. The summed E-state index contributed by atoms with van der Waals surface area (Å²) >= 11 is 0.